The second-order valence-electron chi connectivity index (χ2n) is 6.57. The highest BCUT2D eigenvalue weighted by atomic mass is 32.2. The number of thioether (sulfide) groups is 1. The van der Waals surface area contributed by atoms with Crippen LogP contribution in [-0.4, -0.2) is 16.1 Å². The maximum Gasteiger partial charge on any atom is 0.356 e. The van der Waals surface area contributed by atoms with Gasteiger partial charge in [0.25, 0.3) is 0 Å². The summed E-state index contributed by atoms with van der Waals surface area (Å²) in [4.78, 5) is 16.0. The molecule has 1 aromatic heterocycles. The molecule has 0 radical (unpaired) electrons. The molecule has 0 fully saturated rings. The van der Waals surface area contributed by atoms with Crippen molar-refractivity contribution in [2.45, 2.75) is 4.75 Å². The standard InChI is InChI=1S/C25H19NO2S2/c27-24(28)23-22(29-18-26-23)16-17-30-25(19-10-4-1-5-11-19,20-12-6-2-7-13-20)21-14-8-3-9-15-21/h1-18H,(H,27,28)/b17-16-. The third kappa shape index (κ3) is 3.95. The first-order valence-corrected chi connectivity index (χ1v) is 11.2. The monoisotopic (exact) mass is 429 g/mol. The number of aromatic nitrogens is 1. The van der Waals surface area contributed by atoms with E-state index in [4.69, 9.17) is 0 Å². The molecule has 1 heterocycles. The molecule has 0 unspecified atom stereocenters. The minimum atomic E-state index is -1.01. The highest BCUT2D eigenvalue weighted by Crippen LogP contribution is 2.49. The van der Waals surface area contributed by atoms with Gasteiger partial charge in [0, 0.05) is 0 Å². The SMILES string of the molecule is O=C(O)c1ncsc1/C=C\SC(c1ccccc1)(c1ccccc1)c1ccccc1. The van der Waals surface area contributed by atoms with Crippen LogP contribution >= 0.6 is 23.1 Å². The lowest BCUT2D eigenvalue weighted by molar-refractivity contribution is 0.0691. The minimum absolute atomic E-state index is 0.0848. The van der Waals surface area contributed by atoms with Crippen LogP contribution in [0.4, 0.5) is 0 Å². The lowest BCUT2D eigenvalue weighted by Gasteiger charge is -2.34. The van der Waals surface area contributed by atoms with Gasteiger partial charge in [-0.25, -0.2) is 9.78 Å². The molecule has 0 aliphatic rings. The summed E-state index contributed by atoms with van der Waals surface area (Å²) < 4.78 is -0.478. The summed E-state index contributed by atoms with van der Waals surface area (Å²) in [7, 11) is 0. The van der Waals surface area contributed by atoms with Gasteiger partial charge in [0.2, 0.25) is 0 Å². The van der Waals surface area contributed by atoms with E-state index in [9.17, 15) is 9.90 Å². The number of hydrogen-bond acceptors (Lipinski definition) is 4. The van der Waals surface area contributed by atoms with E-state index < -0.39 is 10.7 Å². The van der Waals surface area contributed by atoms with E-state index >= 15 is 0 Å². The Morgan fingerprint density at radius 3 is 1.73 bits per heavy atom. The molecule has 30 heavy (non-hydrogen) atoms. The molecule has 4 aromatic rings. The average molecular weight is 430 g/mol. The van der Waals surface area contributed by atoms with Crippen LogP contribution in [0.2, 0.25) is 0 Å². The Labute approximate surface area is 183 Å². The molecule has 0 aliphatic heterocycles. The Hall–Kier alpha value is -3.15. The molecule has 1 N–H and O–H groups in total. The minimum Gasteiger partial charge on any atom is -0.476 e. The summed E-state index contributed by atoms with van der Waals surface area (Å²) in [6, 6.07) is 31.1. The number of benzene rings is 3. The summed E-state index contributed by atoms with van der Waals surface area (Å²) in [6.07, 6.45) is 1.84. The second kappa shape index (κ2) is 9.11. The van der Waals surface area contributed by atoms with Crippen LogP contribution in [0.1, 0.15) is 32.1 Å². The predicted molar refractivity (Wildman–Crippen MR) is 125 cm³/mol. The van der Waals surface area contributed by atoms with Crippen LogP contribution < -0.4 is 0 Å². The molecular weight excluding hydrogens is 410 g/mol. The summed E-state index contributed by atoms with van der Waals surface area (Å²) in [5.41, 5.74) is 5.10. The summed E-state index contributed by atoms with van der Waals surface area (Å²) >= 11 is 2.98. The van der Waals surface area contributed by atoms with Gasteiger partial charge in [0.1, 0.15) is 0 Å². The summed E-state index contributed by atoms with van der Waals surface area (Å²) in [5, 5.41) is 11.3. The Kier molecular flexibility index (Phi) is 6.12. The zero-order chi connectivity index (χ0) is 20.8. The van der Waals surface area contributed by atoms with Crippen LogP contribution in [-0.2, 0) is 4.75 Å². The van der Waals surface area contributed by atoms with Crippen LogP contribution in [0, 0.1) is 0 Å². The maximum atomic E-state index is 11.4. The number of aromatic carboxylic acids is 1. The van der Waals surface area contributed by atoms with Crippen molar-refractivity contribution in [1.82, 2.24) is 4.98 Å². The molecule has 0 saturated heterocycles. The largest absolute Gasteiger partial charge is 0.476 e. The molecule has 148 valence electrons. The first-order valence-electron chi connectivity index (χ1n) is 9.39. The molecule has 0 aliphatic carbocycles. The lowest BCUT2D eigenvalue weighted by Crippen LogP contribution is -2.24. The number of carboxylic acid groups (broad SMARTS) is 1. The number of carbonyl (C=O) groups is 1. The van der Waals surface area contributed by atoms with Crippen molar-refractivity contribution in [3.63, 3.8) is 0 Å². The molecule has 5 heteroatoms. The number of thiazole rings is 1. The van der Waals surface area contributed by atoms with Gasteiger partial charge in [-0.2, -0.15) is 0 Å². The normalized spacial score (nSPS) is 11.6. The van der Waals surface area contributed by atoms with Crippen molar-refractivity contribution >= 4 is 35.1 Å². The van der Waals surface area contributed by atoms with Crippen molar-refractivity contribution in [2.24, 2.45) is 0 Å². The zero-order valence-electron chi connectivity index (χ0n) is 16.0. The van der Waals surface area contributed by atoms with Crippen LogP contribution in [0.3, 0.4) is 0 Å². The fourth-order valence-corrected chi connectivity index (χ4v) is 5.44. The molecule has 0 amide bonds. The van der Waals surface area contributed by atoms with Gasteiger partial charge in [-0.3, -0.25) is 0 Å². The fourth-order valence-electron chi connectivity index (χ4n) is 3.45. The van der Waals surface area contributed by atoms with E-state index in [2.05, 4.69) is 41.4 Å². The fraction of sp³-hybridized carbons (Fsp3) is 0.0400. The van der Waals surface area contributed by atoms with Crippen molar-refractivity contribution in [1.29, 1.82) is 0 Å². The van der Waals surface area contributed by atoms with E-state index in [1.807, 2.05) is 66.1 Å². The Bertz CT molecular complexity index is 1040. The Morgan fingerprint density at radius 2 is 1.30 bits per heavy atom. The highest BCUT2D eigenvalue weighted by molar-refractivity contribution is 8.03. The van der Waals surface area contributed by atoms with Gasteiger partial charge in [-0.05, 0) is 28.2 Å². The first kappa shape index (κ1) is 20.1. The van der Waals surface area contributed by atoms with E-state index in [1.54, 1.807) is 17.3 Å². The van der Waals surface area contributed by atoms with Crippen molar-refractivity contribution < 1.29 is 9.90 Å². The molecule has 0 bridgehead atoms. The number of rotatable bonds is 7. The van der Waals surface area contributed by atoms with Crippen molar-refractivity contribution in [3.05, 3.63) is 129 Å². The third-order valence-corrected chi connectivity index (χ3v) is 6.93. The average Bonchev–Trinajstić information content (AvgIpc) is 3.28. The molecule has 0 atom stereocenters. The summed E-state index contributed by atoms with van der Waals surface area (Å²) in [6.45, 7) is 0. The first-order chi connectivity index (χ1) is 14.7. The molecule has 4 rings (SSSR count). The van der Waals surface area contributed by atoms with Gasteiger partial charge in [0.15, 0.2) is 5.69 Å². The van der Waals surface area contributed by atoms with Crippen molar-refractivity contribution in [2.75, 3.05) is 0 Å². The van der Waals surface area contributed by atoms with Gasteiger partial charge in [0.05, 0.1) is 15.1 Å². The van der Waals surface area contributed by atoms with Crippen LogP contribution in [0.15, 0.2) is 102 Å². The third-order valence-electron chi connectivity index (χ3n) is 4.80. The van der Waals surface area contributed by atoms with Crippen molar-refractivity contribution in [3.8, 4) is 0 Å². The Morgan fingerprint density at radius 1 is 0.833 bits per heavy atom. The molecule has 0 saturated carbocycles. The van der Waals surface area contributed by atoms with Crippen LogP contribution in [0.25, 0.3) is 6.08 Å². The van der Waals surface area contributed by atoms with E-state index in [0.717, 1.165) is 16.7 Å². The van der Waals surface area contributed by atoms with E-state index in [0.29, 0.717) is 4.88 Å². The number of hydrogen-bond donors (Lipinski definition) is 1. The highest BCUT2D eigenvalue weighted by Gasteiger charge is 2.36. The van der Waals surface area contributed by atoms with E-state index in [-0.39, 0.29) is 5.69 Å². The maximum absolute atomic E-state index is 11.4. The van der Waals surface area contributed by atoms with Gasteiger partial charge < -0.3 is 5.11 Å². The molecule has 0 spiro atoms. The van der Waals surface area contributed by atoms with Crippen LogP contribution in [0.5, 0.6) is 0 Å². The smallest absolute Gasteiger partial charge is 0.356 e. The van der Waals surface area contributed by atoms with Gasteiger partial charge >= 0.3 is 5.97 Å². The molecule has 3 nitrogen and oxygen atoms in total. The Balaban J connectivity index is 1.86. The molecule has 3 aromatic carbocycles. The topological polar surface area (TPSA) is 50.2 Å². The van der Waals surface area contributed by atoms with Gasteiger partial charge in [-0.15, -0.1) is 23.1 Å². The van der Waals surface area contributed by atoms with Gasteiger partial charge in [-0.1, -0.05) is 91.0 Å². The summed E-state index contributed by atoms with van der Waals surface area (Å²) in [5.74, 6) is -1.01. The lowest BCUT2D eigenvalue weighted by atomic mass is 9.84. The predicted octanol–water partition coefficient (Wildman–Crippen LogP) is 6.54. The second-order valence-corrected chi connectivity index (χ2v) is 8.58. The zero-order valence-corrected chi connectivity index (χ0v) is 17.6. The quantitative estimate of drug-likeness (QED) is 0.339. The number of carboxylic acids is 1. The molecular formula is C25H19NO2S2. The number of nitrogens with zero attached hydrogens (tertiary/aromatic N) is 1. The van der Waals surface area contributed by atoms with E-state index in [1.165, 1.54) is 11.3 Å².